The highest BCUT2D eigenvalue weighted by Crippen LogP contribution is 2.45. The molecule has 1 aromatic carbocycles. The van der Waals surface area contributed by atoms with Crippen LogP contribution >= 0.6 is 0 Å². The van der Waals surface area contributed by atoms with Gasteiger partial charge in [0, 0.05) is 6.04 Å². The normalized spacial score (nSPS) is 28.7. The van der Waals surface area contributed by atoms with E-state index >= 15 is 0 Å². The minimum atomic E-state index is -0.659. The molecule has 0 spiro atoms. The van der Waals surface area contributed by atoms with Crippen molar-refractivity contribution in [3.8, 4) is 0 Å². The Morgan fingerprint density at radius 1 is 1.21 bits per heavy atom. The minimum absolute atomic E-state index is 0.112. The lowest BCUT2D eigenvalue weighted by Gasteiger charge is -2.44. The van der Waals surface area contributed by atoms with Crippen molar-refractivity contribution in [2.45, 2.75) is 56.5 Å². The number of benzene rings is 1. The van der Waals surface area contributed by atoms with Gasteiger partial charge in [-0.2, -0.15) is 0 Å². The molecule has 3 rings (SSSR count). The summed E-state index contributed by atoms with van der Waals surface area (Å²) in [7, 11) is 0. The Kier molecular flexibility index (Phi) is 2.72. The Hall–Kier alpha value is -1.35. The molecular weight excluding hydrogens is 236 g/mol. The van der Waals surface area contributed by atoms with Crippen LogP contribution in [-0.4, -0.2) is 11.9 Å². The summed E-state index contributed by atoms with van der Waals surface area (Å²) in [6, 6.07) is 8.72. The fraction of sp³-hybridized carbons (Fsp3) is 0.562. The average Bonchev–Trinajstić information content (AvgIpc) is 3.17. The van der Waals surface area contributed by atoms with Crippen molar-refractivity contribution in [1.82, 2.24) is 5.32 Å². The lowest BCUT2D eigenvalue weighted by atomic mass is 9.65. The number of nitrogens with two attached hydrogens (primary N) is 1. The van der Waals surface area contributed by atoms with E-state index in [1.807, 2.05) is 6.07 Å². The molecule has 0 aromatic heterocycles. The van der Waals surface area contributed by atoms with Crippen LogP contribution in [-0.2, 0) is 15.7 Å². The van der Waals surface area contributed by atoms with Crippen molar-refractivity contribution >= 4 is 5.91 Å². The van der Waals surface area contributed by atoms with Crippen LogP contribution in [0.4, 0.5) is 0 Å². The van der Waals surface area contributed by atoms with Crippen LogP contribution < -0.4 is 11.1 Å². The number of carbonyl (C=O) groups excluding carboxylic acids is 1. The number of fused-ring (bicyclic) bond motifs is 1. The standard InChI is InChI=1S/C16H22N2O/c1-15(2)9-10-16(14(17)19,18-11-7-8-11)13-6-4-3-5-12(13)15/h3-6,11,18H,7-10H2,1-2H3,(H2,17,19). The third-order valence-corrected chi connectivity index (χ3v) is 4.69. The predicted molar refractivity (Wildman–Crippen MR) is 75.7 cm³/mol. The molecule has 0 heterocycles. The van der Waals surface area contributed by atoms with E-state index in [2.05, 4.69) is 37.4 Å². The van der Waals surface area contributed by atoms with E-state index in [4.69, 9.17) is 5.73 Å². The molecule has 0 aliphatic heterocycles. The van der Waals surface area contributed by atoms with Gasteiger partial charge < -0.3 is 5.73 Å². The molecule has 19 heavy (non-hydrogen) atoms. The van der Waals surface area contributed by atoms with Crippen LogP contribution in [0.2, 0.25) is 0 Å². The summed E-state index contributed by atoms with van der Waals surface area (Å²) in [6.45, 7) is 4.49. The number of amides is 1. The second-order valence-corrected chi connectivity index (χ2v) is 6.62. The van der Waals surface area contributed by atoms with Gasteiger partial charge in [0.15, 0.2) is 0 Å². The Labute approximate surface area is 114 Å². The molecule has 0 bridgehead atoms. The molecule has 0 radical (unpaired) electrons. The van der Waals surface area contributed by atoms with Crippen molar-refractivity contribution in [3.05, 3.63) is 35.4 Å². The number of hydrogen-bond acceptors (Lipinski definition) is 2. The molecule has 0 saturated heterocycles. The van der Waals surface area contributed by atoms with Crippen LogP contribution in [0, 0.1) is 0 Å². The monoisotopic (exact) mass is 258 g/mol. The predicted octanol–water partition coefficient (Wildman–Crippen LogP) is 2.19. The van der Waals surface area contributed by atoms with Gasteiger partial charge in [-0.1, -0.05) is 38.1 Å². The van der Waals surface area contributed by atoms with Crippen molar-refractivity contribution in [3.63, 3.8) is 0 Å². The zero-order chi connectivity index (χ0) is 13.7. The molecule has 3 heteroatoms. The van der Waals surface area contributed by atoms with E-state index in [0.29, 0.717) is 6.04 Å². The SMILES string of the molecule is CC1(C)CCC(NC2CC2)(C(N)=O)c2ccccc21. The molecule has 1 unspecified atom stereocenters. The highest BCUT2D eigenvalue weighted by molar-refractivity contribution is 5.87. The molecule has 1 amide bonds. The lowest BCUT2D eigenvalue weighted by Crippen LogP contribution is -2.57. The first-order chi connectivity index (χ1) is 8.96. The minimum Gasteiger partial charge on any atom is -0.368 e. The Bertz CT molecular complexity index is 519. The number of hydrogen-bond donors (Lipinski definition) is 2. The third kappa shape index (κ3) is 1.96. The quantitative estimate of drug-likeness (QED) is 0.873. The van der Waals surface area contributed by atoms with Gasteiger partial charge >= 0.3 is 0 Å². The first kappa shape index (κ1) is 12.7. The lowest BCUT2D eigenvalue weighted by molar-refractivity contribution is -0.125. The zero-order valence-electron chi connectivity index (χ0n) is 11.7. The first-order valence-electron chi connectivity index (χ1n) is 7.13. The van der Waals surface area contributed by atoms with Crippen molar-refractivity contribution in [1.29, 1.82) is 0 Å². The fourth-order valence-corrected chi connectivity index (χ4v) is 3.27. The Morgan fingerprint density at radius 3 is 2.42 bits per heavy atom. The van der Waals surface area contributed by atoms with E-state index < -0.39 is 5.54 Å². The second-order valence-electron chi connectivity index (χ2n) is 6.62. The van der Waals surface area contributed by atoms with Crippen LogP contribution in [0.15, 0.2) is 24.3 Å². The van der Waals surface area contributed by atoms with Crippen LogP contribution in [0.1, 0.15) is 50.7 Å². The molecule has 1 saturated carbocycles. The van der Waals surface area contributed by atoms with Gasteiger partial charge in [-0.3, -0.25) is 10.1 Å². The highest BCUT2D eigenvalue weighted by atomic mass is 16.1. The van der Waals surface area contributed by atoms with E-state index in [1.54, 1.807) is 0 Å². The van der Waals surface area contributed by atoms with Crippen LogP contribution in [0.25, 0.3) is 0 Å². The highest BCUT2D eigenvalue weighted by Gasteiger charge is 2.48. The smallest absolute Gasteiger partial charge is 0.242 e. The molecule has 1 aromatic rings. The first-order valence-corrected chi connectivity index (χ1v) is 7.13. The summed E-state index contributed by atoms with van der Waals surface area (Å²) in [5, 5.41) is 3.53. The van der Waals surface area contributed by atoms with E-state index in [9.17, 15) is 4.79 Å². The summed E-state index contributed by atoms with van der Waals surface area (Å²) in [6.07, 6.45) is 4.08. The van der Waals surface area contributed by atoms with Crippen molar-refractivity contribution in [2.24, 2.45) is 5.73 Å². The maximum atomic E-state index is 12.2. The summed E-state index contributed by atoms with van der Waals surface area (Å²) >= 11 is 0. The van der Waals surface area contributed by atoms with Gasteiger partial charge in [0.05, 0.1) is 0 Å². The van der Waals surface area contributed by atoms with Gasteiger partial charge in [0.2, 0.25) is 5.91 Å². The van der Waals surface area contributed by atoms with E-state index in [-0.39, 0.29) is 11.3 Å². The molecule has 2 aliphatic rings. The van der Waals surface area contributed by atoms with Gasteiger partial charge in [0.25, 0.3) is 0 Å². The molecule has 3 N–H and O–H groups in total. The number of nitrogens with one attached hydrogen (secondary N) is 1. The van der Waals surface area contributed by atoms with Crippen molar-refractivity contribution in [2.75, 3.05) is 0 Å². The third-order valence-electron chi connectivity index (χ3n) is 4.69. The molecule has 3 nitrogen and oxygen atoms in total. The van der Waals surface area contributed by atoms with Crippen molar-refractivity contribution < 1.29 is 4.79 Å². The van der Waals surface area contributed by atoms with Crippen LogP contribution in [0.3, 0.4) is 0 Å². The molecule has 102 valence electrons. The molecule has 1 fully saturated rings. The Morgan fingerprint density at radius 2 is 1.84 bits per heavy atom. The van der Waals surface area contributed by atoms with E-state index in [0.717, 1.165) is 31.2 Å². The fourth-order valence-electron chi connectivity index (χ4n) is 3.27. The number of carbonyl (C=O) groups is 1. The number of rotatable bonds is 3. The van der Waals surface area contributed by atoms with Gasteiger partial charge in [0.1, 0.15) is 5.54 Å². The molecule has 2 aliphatic carbocycles. The maximum absolute atomic E-state index is 12.2. The van der Waals surface area contributed by atoms with Crippen LogP contribution in [0.5, 0.6) is 0 Å². The largest absolute Gasteiger partial charge is 0.368 e. The van der Waals surface area contributed by atoms with Gasteiger partial charge in [-0.25, -0.2) is 0 Å². The maximum Gasteiger partial charge on any atom is 0.242 e. The summed E-state index contributed by atoms with van der Waals surface area (Å²) in [5.41, 5.74) is 7.58. The summed E-state index contributed by atoms with van der Waals surface area (Å²) < 4.78 is 0. The average molecular weight is 258 g/mol. The van der Waals surface area contributed by atoms with Gasteiger partial charge in [-0.05, 0) is 42.2 Å². The summed E-state index contributed by atoms with van der Waals surface area (Å²) in [5.74, 6) is -0.234. The second kappa shape index (κ2) is 4.07. The summed E-state index contributed by atoms with van der Waals surface area (Å²) in [4.78, 5) is 12.2. The molecular formula is C16H22N2O. The number of primary amides is 1. The van der Waals surface area contributed by atoms with Gasteiger partial charge in [-0.15, -0.1) is 0 Å². The topological polar surface area (TPSA) is 55.1 Å². The molecule has 1 atom stereocenters. The van der Waals surface area contributed by atoms with E-state index in [1.165, 1.54) is 5.56 Å². The Balaban J connectivity index is 2.13. The zero-order valence-corrected chi connectivity index (χ0v) is 11.7.